The van der Waals surface area contributed by atoms with Crippen molar-refractivity contribution in [3.05, 3.63) is 35.4 Å². The van der Waals surface area contributed by atoms with Crippen LogP contribution in [0.3, 0.4) is 0 Å². The van der Waals surface area contributed by atoms with Crippen LogP contribution < -0.4 is 0 Å². The van der Waals surface area contributed by atoms with E-state index in [0.717, 1.165) is 18.6 Å². The van der Waals surface area contributed by atoms with Gasteiger partial charge in [-0.25, -0.2) is 8.78 Å². The van der Waals surface area contributed by atoms with E-state index in [1.807, 2.05) is 0 Å². The summed E-state index contributed by atoms with van der Waals surface area (Å²) in [7, 11) is 0. The van der Waals surface area contributed by atoms with E-state index < -0.39 is 23.1 Å². The van der Waals surface area contributed by atoms with Gasteiger partial charge in [-0.3, -0.25) is 4.79 Å². The molecule has 0 saturated carbocycles. The average molecular weight is 290 g/mol. The van der Waals surface area contributed by atoms with Crippen molar-refractivity contribution in [2.45, 2.75) is 11.2 Å². The predicted molar refractivity (Wildman–Crippen MR) is 59.6 cm³/mol. The van der Waals surface area contributed by atoms with E-state index in [0.29, 0.717) is 13.1 Å². The van der Waals surface area contributed by atoms with Crippen LogP contribution >= 0.6 is 15.9 Å². The monoisotopic (exact) mass is 289 g/mol. The maximum atomic E-state index is 13.4. The molecule has 1 saturated heterocycles. The molecule has 1 aliphatic rings. The zero-order valence-electron chi connectivity index (χ0n) is 8.42. The Morgan fingerprint density at radius 2 is 2.00 bits per heavy atom. The molecule has 5 heteroatoms. The number of benzene rings is 1. The van der Waals surface area contributed by atoms with Gasteiger partial charge >= 0.3 is 0 Å². The number of hydrogen-bond acceptors (Lipinski definition) is 1. The molecule has 1 amide bonds. The quantitative estimate of drug-likeness (QED) is 0.728. The zero-order valence-corrected chi connectivity index (χ0v) is 10.0. The summed E-state index contributed by atoms with van der Waals surface area (Å²) in [4.78, 5) is 13.5. The largest absolute Gasteiger partial charge is 0.337 e. The van der Waals surface area contributed by atoms with Crippen LogP contribution in [0, 0.1) is 11.6 Å². The lowest BCUT2D eigenvalue weighted by atomic mass is 10.1. The molecule has 16 heavy (non-hydrogen) atoms. The lowest BCUT2D eigenvalue weighted by Gasteiger charge is -2.16. The van der Waals surface area contributed by atoms with E-state index in [2.05, 4.69) is 15.9 Å². The van der Waals surface area contributed by atoms with Crippen LogP contribution in [0.2, 0.25) is 0 Å². The Morgan fingerprint density at radius 1 is 1.38 bits per heavy atom. The number of amides is 1. The second-order valence-electron chi connectivity index (χ2n) is 3.73. The summed E-state index contributed by atoms with van der Waals surface area (Å²) in [5.74, 6) is -2.18. The molecule has 0 radical (unpaired) electrons. The molecule has 2 rings (SSSR count). The van der Waals surface area contributed by atoms with Gasteiger partial charge in [0.05, 0.1) is 0 Å². The number of nitrogens with zero attached hydrogens (tertiary/aromatic N) is 1. The van der Waals surface area contributed by atoms with Crippen LogP contribution in [0.25, 0.3) is 0 Å². The Morgan fingerprint density at radius 3 is 2.50 bits per heavy atom. The summed E-state index contributed by atoms with van der Waals surface area (Å²) < 4.78 is 26.7. The topological polar surface area (TPSA) is 20.3 Å². The van der Waals surface area contributed by atoms with Crippen molar-refractivity contribution < 1.29 is 13.6 Å². The van der Waals surface area contributed by atoms with Gasteiger partial charge in [0.1, 0.15) is 17.2 Å². The second-order valence-corrected chi connectivity index (χ2v) is 5.03. The highest BCUT2D eigenvalue weighted by Gasteiger charge is 2.28. The van der Waals surface area contributed by atoms with Crippen molar-refractivity contribution in [2.24, 2.45) is 0 Å². The number of rotatable bonds is 1. The number of alkyl halides is 1. The van der Waals surface area contributed by atoms with Crippen molar-refractivity contribution in [1.29, 1.82) is 0 Å². The normalized spacial score (nSPS) is 20.2. The first-order valence-corrected chi connectivity index (χ1v) is 5.88. The Bertz CT molecular complexity index is 404. The lowest BCUT2D eigenvalue weighted by molar-refractivity contribution is 0.0784. The molecule has 1 aromatic carbocycles. The van der Waals surface area contributed by atoms with Crippen LogP contribution in [-0.2, 0) is 0 Å². The molecule has 1 fully saturated rings. The van der Waals surface area contributed by atoms with Crippen LogP contribution in [0.4, 0.5) is 8.78 Å². The Labute approximate surface area is 100 Å². The Kier molecular flexibility index (Phi) is 3.23. The predicted octanol–water partition coefficient (Wildman–Crippen LogP) is 2.57. The van der Waals surface area contributed by atoms with E-state index in [-0.39, 0.29) is 4.83 Å². The standard InChI is InChI=1S/C11H10BrF2NO/c12-7-4-5-15(6-7)11(16)10-8(13)2-1-3-9(10)14/h1-3,7H,4-6H2. The van der Waals surface area contributed by atoms with Gasteiger partial charge in [0, 0.05) is 17.9 Å². The van der Waals surface area contributed by atoms with E-state index >= 15 is 0 Å². The summed E-state index contributed by atoms with van der Waals surface area (Å²) in [6, 6.07) is 3.44. The van der Waals surface area contributed by atoms with Crippen LogP contribution in [0.15, 0.2) is 18.2 Å². The molecule has 1 unspecified atom stereocenters. The molecule has 86 valence electrons. The van der Waals surface area contributed by atoms with Crippen molar-refractivity contribution in [1.82, 2.24) is 4.90 Å². The number of carbonyl (C=O) groups excluding carboxylic acids is 1. The van der Waals surface area contributed by atoms with Crippen molar-refractivity contribution >= 4 is 21.8 Å². The molecule has 0 aliphatic carbocycles. The average Bonchev–Trinajstić information content (AvgIpc) is 2.64. The second kappa shape index (κ2) is 4.49. The third kappa shape index (κ3) is 2.09. The Hall–Kier alpha value is -0.970. The van der Waals surface area contributed by atoms with E-state index in [1.54, 1.807) is 0 Å². The van der Waals surface area contributed by atoms with Gasteiger partial charge in [0.25, 0.3) is 5.91 Å². The van der Waals surface area contributed by atoms with Gasteiger partial charge in [-0.05, 0) is 18.6 Å². The maximum Gasteiger partial charge on any atom is 0.259 e. The van der Waals surface area contributed by atoms with Crippen molar-refractivity contribution in [3.8, 4) is 0 Å². The minimum Gasteiger partial charge on any atom is -0.337 e. The summed E-state index contributed by atoms with van der Waals surface area (Å²) in [6.07, 6.45) is 0.807. The minimum absolute atomic E-state index is 0.214. The van der Waals surface area contributed by atoms with Crippen LogP contribution in [0.5, 0.6) is 0 Å². The summed E-state index contributed by atoms with van der Waals surface area (Å²) >= 11 is 3.38. The van der Waals surface area contributed by atoms with Gasteiger partial charge in [0.2, 0.25) is 0 Å². The summed E-state index contributed by atoms with van der Waals surface area (Å²) in [6.45, 7) is 1.02. The fraction of sp³-hybridized carbons (Fsp3) is 0.364. The number of halogens is 3. The van der Waals surface area contributed by atoms with Gasteiger partial charge in [0.15, 0.2) is 0 Å². The van der Waals surface area contributed by atoms with Gasteiger partial charge in [-0.15, -0.1) is 0 Å². The first kappa shape index (κ1) is 11.5. The maximum absolute atomic E-state index is 13.4. The van der Waals surface area contributed by atoms with E-state index in [9.17, 15) is 13.6 Å². The highest BCUT2D eigenvalue weighted by Crippen LogP contribution is 2.21. The smallest absolute Gasteiger partial charge is 0.259 e. The lowest BCUT2D eigenvalue weighted by Crippen LogP contribution is -2.30. The van der Waals surface area contributed by atoms with Crippen molar-refractivity contribution in [2.75, 3.05) is 13.1 Å². The Balaban J connectivity index is 2.27. The molecule has 1 atom stereocenters. The van der Waals surface area contributed by atoms with Crippen LogP contribution in [-0.4, -0.2) is 28.7 Å². The fourth-order valence-corrected chi connectivity index (χ4v) is 2.32. The van der Waals surface area contributed by atoms with Crippen molar-refractivity contribution in [3.63, 3.8) is 0 Å². The molecule has 1 aliphatic heterocycles. The fourth-order valence-electron chi connectivity index (χ4n) is 1.76. The van der Waals surface area contributed by atoms with Gasteiger partial charge in [-0.2, -0.15) is 0 Å². The van der Waals surface area contributed by atoms with Gasteiger partial charge in [-0.1, -0.05) is 22.0 Å². The number of hydrogen-bond donors (Lipinski definition) is 0. The zero-order chi connectivity index (χ0) is 11.7. The third-order valence-corrected chi connectivity index (χ3v) is 3.34. The third-order valence-electron chi connectivity index (χ3n) is 2.59. The van der Waals surface area contributed by atoms with E-state index in [4.69, 9.17) is 0 Å². The first-order chi connectivity index (χ1) is 7.59. The number of carbonyl (C=O) groups is 1. The van der Waals surface area contributed by atoms with Crippen LogP contribution in [0.1, 0.15) is 16.8 Å². The molecule has 0 bridgehead atoms. The molecule has 0 aromatic heterocycles. The molecule has 1 aromatic rings. The molecular weight excluding hydrogens is 280 g/mol. The first-order valence-electron chi connectivity index (χ1n) is 4.97. The number of likely N-dealkylation sites (tertiary alicyclic amines) is 1. The molecule has 2 nitrogen and oxygen atoms in total. The minimum atomic E-state index is -0.803. The molecule has 1 heterocycles. The summed E-state index contributed by atoms with van der Waals surface area (Å²) in [5, 5.41) is 0. The highest BCUT2D eigenvalue weighted by molar-refractivity contribution is 9.09. The molecular formula is C11H10BrF2NO. The molecule has 0 N–H and O–H groups in total. The highest BCUT2D eigenvalue weighted by atomic mass is 79.9. The van der Waals surface area contributed by atoms with Gasteiger partial charge < -0.3 is 4.90 Å². The SMILES string of the molecule is O=C(c1c(F)cccc1F)N1CCC(Br)C1. The van der Waals surface area contributed by atoms with E-state index in [1.165, 1.54) is 11.0 Å². The molecule has 0 spiro atoms. The summed E-state index contributed by atoms with van der Waals surface area (Å²) in [5.41, 5.74) is -0.455.